The highest BCUT2D eigenvalue weighted by molar-refractivity contribution is 6.24. The van der Waals surface area contributed by atoms with Crippen LogP contribution in [-0.4, -0.2) is 16.9 Å². The maximum absolute atomic E-state index is 13.8. The van der Waals surface area contributed by atoms with Crippen LogP contribution >= 0.6 is 0 Å². The van der Waals surface area contributed by atoms with Crippen molar-refractivity contribution in [1.82, 2.24) is 5.06 Å². The summed E-state index contributed by atoms with van der Waals surface area (Å²) in [4.78, 5) is 34.3. The van der Waals surface area contributed by atoms with Crippen LogP contribution < -0.4 is 0 Å². The molecule has 4 aromatic carbocycles. The number of carbonyl (C=O) groups excluding carboxylic acids is 2. The van der Waals surface area contributed by atoms with Gasteiger partial charge >= 0.3 is 0 Å². The van der Waals surface area contributed by atoms with E-state index in [4.69, 9.17) is 4.84 Å². The first-order valence-corrected chi connectivity index (χ1v) is 11.7. The SMILES string of the molecule is O=C1c2cccc3cccc(c23)C(=O)N1OC(c1ccccc1)(c1ccccc1)C1C=CC=CC1. The van der Waals surface area contributed by atoms with E-state index >= 15 is 0 Å². The van der Waals surface area contributed by atoms with Gasteiger partial charge in [-0.2, -0.15) is 0 Å². The zero-order valence-electron chi connectivity index (χ0n) is 19.0. The highest BCUT2D eigenvalue weighted by atomic mass is 16.7. The molecule has 0 aromatic heterocycles. The van der Waals surface area contributed by atoms with Crippen molar-refractivity contribution in [2.75, 3.05) is 0 Å². The van der Waals surface area contributed by atoms with Crippen molar-refractivity contribution < 1.29 is 14.4 Å². The van der Waals surface area contributed by atoms with Crippen LogP contribution in [0.4, 0.5) is 0 Å². The van der Waals surface area contributed by atoms with E-state index in [0.717, 1.165) is 21.6 Å². The maximum atomic E-state index is 13.8. The molecule has 0 saturated heterocycles. The van der Waals surface area contributed by atoms with Crippen molar-refractivity contribution >= 4 is 22.6 Å². The van der Waals surface area contributed by atoms with Gasteiger partial charge in [-0.05, 0) is 35.1 Å². The Morgan fingerprint density at radius 2 is 1.26 bits per heavy atom. The van der Waals surface area contributed by atoms with Crippen LogP contribution in [0.1, 0.15) is 38.3 Å². The topological polar surface area (TPSA) is 46.6 Å². The molecule has 0 saturated carbocycles. The number of amides is 2. The van der Waals surface area contributed by atoms with Crippen molar-refractivity contribution in [2.24, 2.45) is 5.92 Å². The van der Waals surface area contributed by atoms with Crippen molar-refractivity contribution in [3.05, 3.63) is 144 Å². The van der Waals surface area contributed by atoms with E-state index in [2.05, 4.69) is 12.2 Å². The van der Waals surface area contributed by atoms with E-state index in [1.54, 1.807) is 12.1 Å². The van der Waals surface area contributed by atoms with E-state index in [1.165, 1.54) is 0 Å². The van der Waals surface area contributed by atoms with Crippen LogP contribution in [-0.2, 0) is 10.4 Å². The third-order valence-corrected chi connectivity index (χ3v) is 6.88. The number of rotatable bonds is 5. The molecule has 35 heavy (non-hydrogen) atoms. The smallest absolute Gasteiger partial charge is 0.266 e. The molecule has 1 aliphatic carbocycles. The molecule has 1 heterocycles. The quantitative estimate of drug-likeness (QED) is 0.324. The standard InChI is InChI=1S/C31H23NO3/c33-29-26-20-10-12-22-13-11-21-27(28(22)26)30(34)32(29)35-31(23-14-4-1-5-15-23,24-16-6-2-7-17-24)25-18-8-3-9-19-25/h1-18,20-21,25H,19H2. The highest BCUT2D eigenvalue weighted by Gasteiger charge is 2.48. The van der Waals surface area contributed by atoms with E-state index in [1.807, 2.05) is 97.1 Å². The Kier molecular flexibility index (Phi) is 5.16. The van der Waals surface area contributed by atoms with Crippen molar-refractivity contribution in [2.45, 2.75) is 12.0 Å². The average molecular weight is 458 g/mol. The van der Waals surface area contributed by atoms with Gasteiger partial charge in [0, 0.05) is 11.3 Å². The first-order chi connectivity index (χ1) is 17.2. The number of benzene rings is 4. The van der Waals surface area contributed by atoms with Gasteiger partial charge in [0.25, 0.3) is 11.8 Å². The van der Waals surface area contributed by atoms with Crippen molar-refractivity contribution in [3.63, 3.8) is 0 Å². The largest absolute Gasteiger partial charge is 0.285 e. The van der Waals surface area contributed by atoms with Crippen molar-refractivity contribution in [3.8, 4) is 0 Å². The predicted molar refractivity (Wildman–Crippen MR) is 136 cm³/mol. The normalized spacial score (nSPS) is 17.3. The molecule has 4 aromatic rings. The number of allylic oxidation sites excluding steroid dienone is 3. The molecule has 0 bridgehead atoms. The Balaban J connectivity index is 1.56. The first kappa shape index (κ1) is 21.3. The fourth-order valence-corrected chi connectivity index (χ4v) is 5.26. The molecule has 0 radical (unpaired) electrons. The van der Waals surface area contributed by atoms with Crippen LogP contribution in [0.15, 0.2) is 121 Å². The molecule has 1 aliphatic heterocycles. The lowest BCUT2D eigenvalue weighted by molar-refractivity contribution is -0.193. The molecule has 1 atom stereocenters. The molecule has 6 rings (SSSR count). The lowest BCUT2D eigenvalue weighted by Crippen LogP contribution is -2.50. The molecule has 170 valence electrons. The van der Waals surface area contributed by atoms with Gasteiger partial charge in [-0.15, -0.1) is 5.06 Å². The molecular weight excluding hydrogens is 434 g/mol. The Bertz CT molecular complexity index is 1400. The Hall–Kier alpha value is -4.28. The van der Waals surface area contributed by atoms with Gasteiger partial charge in [0.2, 0.25) is 0 Å². The Morgan fingerprint density at radius 3 is 1.77 bits per heavy atom. The minimum Gasteiger partial charge on any atom is -0.266 e. The molecule has 4 heteroatoms. The van der Waals surface area contributed by atoms with Gasteiger partial charge in [0.15, 0.2) is 5.60 Å². The number of imide groups is 1. The van der Waals surface area contributed by atoms with E-state index < -0.39 is 17.4 Å². The van der Waals surface area contributed by atoms with Gasteiger partial charge in [-0.3, -0.25) is 9.59 Å². The molecular formula is C31H23NO3. The Labute approximate surface area is 203 Å². The Morgan fingerprint density at radius 1 is 0.686 bits per heavy atom. The maximum Gasteiger partial charge on any atom is 0.285 e. The molecule has 0 fully saturated rings. The number of hydroxylamine groups is 2. The molecule has 0 spiro atoms. The molecule has 4 nitrogen and oxygen atoms in total. The van der Waals surface area contributed by atoms with Crippen LogP contribution in [0.25, 0.3) is 10.8 Å². The summed E-state index contributed by atoms with van der Waals surface area (Å²) in [5.41, 5.74) is 1.57. The summed E-state index contributed by atoms with van der Waals surface area (Å²) in [6.45, 7) is 0. The van der Waals surface area contributed by atoms with Crippen LogP contribution in [0.3, 0.4) is 0 Å². The van der Waals surface area contributed by atoms with E-state index in [-0.39, 0.29) is 5.92 Å². The van der Waals surface area contributed by atoms with Gasteiger partial charge in [0.05, 0.1) is 11.1 Å². The molecule has 2 aliphatic rings. The second-order valence-corrected chi connectivity index (χ2v) is 8.83. The summed E-state index contributed by atoms with van der Waals surface area (Å²) in [7, 11) is 0. The van der Waals surface area contributed by atoms with Crippen LogP contribution in [0.2, 0.25) is 0 Å². The van der Waals surface area contributed by atoms with Crippen molar-refractivity contribution in [1.29, 1.82) is 0 Å². The van der Waals surface area contributed by atoms with Gasteiger partial charge in [-0.25, -0.2) is 4.84 Å². The zero-order valence-corrected chi connectivity index (χ0v) is 19.0. The third-order valence-electron chi connectivity index (χ3n) is 6.88. The molecule has 0 N–H and O–H groups in total. The van der Waals surface area contributed by atoms with Gasteiger partial charge in [-0.1, -0.05) is 109 Å². The van der Waals surface area contributed by atoms with E-state index in [9.17, 15) is 9.59 Å². The number of carbonyl (C=O) groups is 2. The van der Waals surface area contributed by atoms with E-state index in [0.29, 0.717) is 22.9 Å². The second-order valence-electron chi connectivity index (χ2n) is 8.83. The summed E-state index contributed by atoms with van der Waals surface area (Å²) in [5.74, 6) is -1.05. The third kappa shape index (κ3) is 3.34. The number of hydrogen-bond acceptors (Lipinski definition) is 3. The van der Waals surface area contributed by atoms with Crippen LogP contribution in [0.5, 0.6) is 0 Å². The summed E-state index contributed by atoms with van der Waals surface area (Å²) in [5, 5.41) is 2.51. The minimum atomic E-state index is -1.10. The molecule has 1 unspecified atom stereocenters. The van der Waals surface area contributed by atoms with Gasteiger partial charge in [0.1, 0.15) is 0 Å². The summed E-state index contributed by atoms with van der Waals surface area (Å²) >= 11 is 0. The van der Waals surface area contributed by atoms with Gasteiger partial charge < -0.3 is 0 Å². The first-order valence-electron chi connectivity index (χ1n) is 11.7. The second kappa shape index (κ2) is 8.49. The number of hydrogen-bond donors (Lipinski definition) is 0. The average Bonchev–Trinajstić information content (AvgIpc) is 2.93. The summed E-state index contributed by atoms with van der Waals surface area (Å²) in [6.07, 6.45) is 8.88. The monoisotopic (exact) mass is 457 g/mol. The summed E-state index contributed by atoms with van der Waals surface area (Å²) in [6, 6.07) is 30.7. The minimum absolute atomic E-state index is 0.147. The lowest BCUT2D eigenvalue weighted by Gasteiger charge is -2.43. The zero-order chi connectivity index (χ0) is 23.8. The fourth-order valence-electron chi connectivity index (χ4n) is 5.26. The van der Waals surface area contributed by atoms with Crippen LogP contribution in [0, 0.1) is 5.92 Å². The number of nitrogens with zero attached hydrogens (tertiary/aromatic N) is 1. The fraction of sp³-hybridized carbons (Fsp3) is 0.0968. The predicted octanol–water partition coefficient (Wildman–Crippen LogP) is 6.44. The molecule has 2 amide bonds. The highest BCUT2D eigenvalue weighted by Crippen LogP contribution is 2.46. The lowest BCUT2D eigenvalue weighted by atomic mass is 9.73. The summed E-state index contributed by atoms with van der Waals surface area (Å²) < 4.78 is 0.